The predicted molar refractivity (Wildman–Crippen MR) is 56.6 cm³/mol. The maximum Gasteiger partial charge on any atom is 0.250 e. The monoisotopic (exact) mass is 263 g/mol. The Labute approximate surface area is 90.6 Å². The van der Waals surface area contributed by atoms with Crippen LogP contribution in [0.4, 0.5) is 8.78 Å². The first kappa shape index (κ1) is 11.6. The number of hydrogen-bond donors (Lipinski definition) is 1. The van der Waals surface area contributed by atoms with Gasteiger partial charge in [0.2, 0.25) is 0 Å². The molecule has 0 saturated heterocycles. The van der Waals surface area contributed by atoms with Crippen molar-refractivity contribution in [3.05, 3.63) is 33.8 Å². The van der Waals surface area contributed by atoms with Crippen LogP contribution in [0.15, 0.2) is 22.7 Å². The van der Waals surface area contributed by atoms with Gasteiger partial charge in [-0.25, -0.2) is 8.78 Å². The Bertz CT molecular complexity index is 302. The Morgan fingerprint density at radius 3 is 2.79 bits per heavy atom. The van der Waals surface area contributed by atoms with Crippen LogP contribution in [0.3, 0.4) is 0 Å². The van der Waals surface area contributed by atoms with Gasteiger partial charge in [-0.3, -0.25) is 0 Å². The molecule has 1 N–H and O–H groups in total. The average Bonchev–Trinajstić information content (AvgIpc) is 2.12. The first-order valence-corrected chi connectivity index (χ1v) is 5.13. The minimum Gasteiger partial charge on any atom is -0.307 e. The predicted octanol–water partition coefficient (Wildman–Crippen LogP) is 3.11. The molecule has 0 amide bonds. The summed E-state index contributed by atoms with van der Waals surface area (Å²) in [5, 5.41) is 2.69. The van der Waals surface area contributed by atoms with Crippen molar-refractivity contribution in [2.75, 3.05) is 6.54 Å². The standard InChI is InChI=1S/C10H12BrF2N/c1-7-3-2-4-8(10(7)11)5-14-6-9(12)13/h2-4,9,14H,5-6H2,1H3. The smallest absolute Gasteiger partial charge is 0.250 e. The molecule has 0 aliphatic heterocycles. The van der Waals surface area contributed by atoms with Gasteiger partial charge in [0.15, 0.2) is 0 Å². The molecule has 1 aromatic rings. The minimum atomic E-state index is -2.29. The summed E-state index contributed by atoms with van der Waals surface area (Å²) in [7, 11) is 0. The van der Waals surface area contributed by atoms with E-state index >= 15 is 0 Å². The van der Waals surface area contributed by atoms with Crippen LogP contribution in [0, 0.1) is 6.92 Å². The van der Waals surface area contributed by atoms with E-state index in [4.69, 9.17) is 0 Å². The quantitative estimate of drug-likeness (QED) is 0.881. The first-order chi connectivity index (χ1) is 6.61. The number of benzene rings is 1. The highest BCUT2D eigenvalue weighted by Crippen LogP contribution is 2.20. The third-order valence-electron chi connectivity index (χ3n) is 1.89. The molecule has 0 saturated carbocycles. The van der Waals surface area contributed by atoms with Crippen LogP contribution in [-0.2, 0) is 6.54 Å². The number of nitrogens with one attached hydrogen (secondary N) is 1. The molecule has 0 radical (unpaired) electrons. The van der Waals surface area contributed by atoms with Gasteiger partial charge < -0.3 is 5.32 Å². The Hall–Kier alpha value is -0.480. The summed E-state index contributed by atoms with van der Waals surface area (Å²) in [5.74, 6) is 0. The number of hydrogen-bond acceptors (Lipinski definition) is 1. The van der Waals surface area contributed by atoms with Crippen molar-refractivity contribution >= 4 is 15.9 Å². The highest BCUT2D eigenvalue weighted by atomic mass is 79.9. The Morgan fingerprint density at radius 1 is 1.43 bits per heavy atom. The zero-order chi connectivity index (χ0) is 10.6. The van der Waals surface area contributed by atoms with E-state index in [1.165, 1.54) is 0 Å². The molecule has 0 spiro atoms. The van der Waals surface area contributed by atoms with Gasteiger partial charge in [-0.15, -0.1) is 0 Å². The second kappa shape index (κ2) is 5.41. The normalized spacial score (nSPS) is 10.9. The van der Waals surface area contributed by atoms with Crippen LogP contribution in [0.1, 0.15) is 11.1 Å². The van der Waals surface area contributed by atoms with Gasteiger partial charge in [-0.05, 0) is 18.1 Å². The van der Waals surface area contributed by atoms with Crippen molar-refractivity contribution in [1.29, 1.82) is 0 Å². The summed E-state index contributed by atoms with van der Waals surface area (Å²) in [4.78, 5) is 0. The first-order valence-electron chi connectivity index (χ1n) is 4.34. The minimum absolute atomic E-state index is 0.264. The molecule has 0 aromatic heterocycles. The zero-order valence-corrected chi connectivity index (χ0v) is 9.44. The summed E-state index contributed by atoms with van der Waals surface area (Å²) < 4.78 is 24.7. The SMILES string of the molecule is Cc1cccc(CNCC(F)F)c1Br. The molecule has 1 nitrogen and oxygen atoms in total. The Balaban J connectivity index is 2.54. The van der Waals surface area contributed by atoms with Crippen LogP contribution in [-0.4, -0.2) is 13.0 Å². The number of halogens is 3. The molecular weight excluding hydrogens is 252 g/mol. The molecule has 0 unspecified atom stereocenters. The van der Waals surface area contributed by atoms with E-state index in [0.29, 0.717) is 6.54 Å². The number of alkyl halides is 2. The fourth-order valence-electron chi connectivity index (χ4n) is 1.16. The molecule has 14 heavy (non-hydrogen) atoms. The van der Waals surface area contributed by atoms with E-state index in [2.05, 4.69) is 21.2 Å². The number of aryl methyl sites for hydroxylation is 1. The van der Waals surface area contributed by atoms with Gasteiger partial charge in [0.25, 0.3) is 6.43 Å². The van der Waals surface area contributed by atoms with E-state index in [9.17, 15) is 8.78 Å². The lowest BCUT2D eigenvalue weighted by Gasteiger charge is -2.08. The second-order valence-corrected chi connectivity index (χ2v) is 3.86. The summed E-state index contributed by atoms with van der Waals surface area (Å²) >= 11 is 3.42. The molecule has 0 aliphatic rings. The largest absolute Gasteiger partial charge is 0.307 e. The molecule has 1 aromatic carbocycles. The number of rotatable bonds is 4. The molecule has 0 aliphatic carbocycles. The summed E-state index contributed by atoms with van der Waals surface area (Å²) in [5.41, 5.74) is 2.12. The maximum absolute atomic E-state index is 11.8. The van der Waals surface area contributed by atoms with E-state index in [0.717, 1.165) is 15.6 Å². The molecule has 0 fully saturated rings. The maximum atomic E-state index is 11.8. The van der Waals surface area contributed by atoms with Crippen molar-refractivity contribution in [3.63, 3.8) is 0 Å². The fourth-order valence-corrected chi connectivity index (χ4v) is 1.57. The van der Waals surface area contributed by atoms with Crippen molar-refractivity contribution in [2.24, 2.45) is 0 Å². The van der Waals surface area contributed by atoms with Crippen molar-refractivity contribution in [2.45, 2.75) is 19.9 Å². The third kappa shape index (κ3) is 3.35. The summed E-state index contributed by atoms with van der Waals surface area (Å²) in [6, 6.07) is 5.80. The van der Waals surface area contributed by atoms with Crippen LogP contribution < -0.4 is 5.32 Å². The Morgan fingerprint density at radius 2 is 2.14 bits per heavy atom. The van der Waals surface area contributed by atoms with Crippen molar-refractivity contribution in [1.82, 2.24) is 5.32 Å². The third-order valence-corrected chi connectivity index (χ3v) is 3.02. The zero-order valence-electron chi connectivity index (χ0n) is 7.86. The van der Waals surface area contributed by atoms with Gasteiger partial charge in [0, 0.05) is 11.0 Å². The van der Waals surface area contributed by atoms with E-state index in [1.807, 2.05) is 25.1 Å². The molecule has 0 heterocycles. The molecule has 0 bridgehead atoms. The van der Waals surface area contributed by atoms with Gasteiger partial charge in [0.05, 0.1) is 6.54 Å². The van der Waals surface area contributed by atoms with Gasteiger partial charge in [-0.1, -0.05) is 34.1 Å². The molecular formula is C10H12BrF2N. The van der Waals surface area contributed by atoms with E-state index in [-0.39, 0.29) is 6.54 Å². The van der Waals surface area contributed by atoms with Crippen LogP contribution in [0.25, 0.3) is 0 Å². The molecule has 1 rings (SSSR count). The lowest BCUT2D eigenvalue weighted by atomic mass is 10.1. The summed E-state index contributed by atoms with van der Waals surface area (Å²) in [6.07, 6.45) is -2.29. The molecule has 0 atom stereocenters. The van der Waals surface area contributed by atoms with E-state index < -0.39 is 6.43 Å². The Kier molecular flexibility index (Phi) is 4.48. The lowest BCUT2D eigenvalue weighted by Crippen LogP contribution is -2.20. The highest BCUT2D eigenvalue weighted by molar-refractivity contribution is 9.10. The highest BCUT2D eigenvalue weighted by Gasteiger charge is 2.04. The lowest BCUT2D eigenvalue weighted by molar-refractivity contribution is 0.145. The summed E-state index contributed by atoms with van der Waals surface area (Å²) in [6.45, 7) is 2.17. The van der Waals surface area contributed by atoms with Gasteiger partial charge in [0.1, 0.15) is 0 Å². The van der Waals surface area contributed by atoms with Gasteiger partial charge in [-0.2, -0.15) is 0 Å². The van der Waals surface area contributed by atoms with Crippen molar-refractivity contribution in [3.8, 4) is 0 Å². The van der Waals surface area contributed by atoms with Crippen molar-refractivity contribution < 1.29 is 8.78 Å². The molecule has 4 heteroatoms. The van der Waals surface area contributed by atoms with Crippen LogP contribution >= 0.6 is 15.9 Å². The second-order valence-electron chi connectivity index (χ2n) is 3.07. The fraction of sp³-hybridized carbons (Fsp3) is 0.400. The van der Waals surface area contributed by atoms with E-state index in [1.54, 1.807) is 0 Å². The van der Waals surface area contributed by atoms with Gasteiger partial charge >= 0.3 is 0 Å². The average molecular weight is 264 g/mol. The molecule has 78 valence electrons. The van der Waals surface area contributed by atoms with Crippen LogP contribution in [0.2, 0.25) is 0 Å². The topological polar surface area (TPSA) is 12.0 Å². The van der Waals surface area contributed by atoms with Crippen LogP contribution in [0.5, 0.6) is 0 Å².